The molecule has 0 saturated heterocycles. The Bertz CT molecular complexity index is 1040. The van der Waals surface area contributed by atoms with E-state index in [1.807, 2.05) is 43.5 Å². The number of aliphatic hydroxyl groups is 2. The van der Waals surface area contributed by atoms with Crippen molar-refractivity contribution in [1.82, 2.24) is 4.98 Å². The van der Waals surface area contributed by atoms with Crippen LogP contribution in [0.2, 0.25) is 0 Å². The van der Waals surface area contributed by atoms with E-state index in [1.54, 1.807) is 11.3 Å². The average molecular weight is 460 g/mol. The highest BCUT2D eigenvalue weighted by Crippen LogP contribution is 2.41. The van der Waals surface area contributed by atoms with Gasteiger partial charge in [0.15, 0.2) is 0 Å². The van der Waals surface area contributed by atoms with Crippen LogP contribution < -0.4 is 4.74 Å². The summed E-state index contributed by atoms with van der Waals surface area (Å²) in [5, 5.41) is 42.4. The predicted octanol–water partition coefficient (Wildman–Crippen LogP) is 3.58. The fourth-order valence-corrected chi connectivity index (χ4v) is 4.16. The van der Waals surface area contributed by atoms with Crippen LogP contribution in [0.1, 0.15) is 28.8 Å². The van der Waals surface area contributed by atoms with Gasteiger partial charge in [-0.05, 0) is 48.6 Å². The molecule has 0 aliphatic carbocycles. The van der Waals surface area contributed by atoms with E-state index >= 15 is 0 Å². The fourth-order valence-electron chi connectivity index (χ4n) is 3.56. The first kappa shape index (κ1) is 24.0. The summed E-state index contributed by atoms with van der Waals surface area (Å²) in [7, 11) is 0. The van der Waals surface area contributed by atoms with Gasteiger partial charge in [-0.2, -0.15) is 0 Å². The van der Waals surface area contributed by atoms with Gasteiger partial charge < -0.3 is 29.9 Å². The molecular formula is C24H29NO6S. The number of aliphatic hydroxyl groups excluding tert-OH is 2. The van der Waals surface area contributed by atoms with Crippen LogP contribution in [0.3, 0.4) is 0 Å². The van der Waals surface area contributed by atoms with Gasteiger partial charge >= 0.3 is 0 Å². The van der Waals surface area contributed by atoms with Gasteiger partial charge in [0.05, 0.1) is 30.5 Å². The highest BCUT2D eigenvalue weighted by molar-refractivity contribution is 7.09. The third kappa shape index (κ3) is 5.98. The maximum absolute atomic E-state index is 10.7. The molecule has 0 aliphatic rings. The molecule has 0 bridgehead atoms. The van der Waals surface area contributed by atoms with Crippen molar-refractivity contribution in [3.8, 4) is 28.4 Å². The minimum Gasteiger partial charge on any atom is -0.508 e. The number of rotatable bonds is 11. The Hall–Kier alpha value is -2.65. The monoisotopic (exact) mass is 459 g/mol. The summed E-state index contributed by atoms with van der Waals surface area (Å²) in [5.41, 5.74) is 3.74. The van der Waals surface area contributed by atoms with Crippen LogP contribution in [-0.4, -0.2) is 51.3 Å². The molecule has 2 aromatic carbocycles. The summed E-state index contributed by atoms with van der Waals surface area (Å²) in [6.45, 7) is 4.14. The Morgan fingerprint density at radius 1 is 1.12 bits per heavy atom. The van der Waals surface area contributed by atoms with Crippen molar-refractivity contribution in [2.24, 2.45) is 0 Å². The zero-order valence-electron chi connectivity index (χ0n) is 18.2. The van der Waals surface area contributed by atoms with Crippen LogP contribution >= 0.6 is 11.3 Å². The first-order valence-electron chi connectivity index (χ1n) is 10.5. The first-order valence-corrected chi connectivity index (χ1v) is 11.4. The van der Waals surface area contributed by atoms with E-state index in [0.717, 1.165) is 27.4 Å². The highest BCUT2D eigenvalue weighted by atomic mass is 32.1. The van der Waals surface area contributed by atoms with E-state index in [-0.39, 0.29) is 31.3 Å². The van der Waals surface area contributed by atoms with Gasteiger partial charge in [-0.15, -0.1) is 11.3 Å². The zero-order chi connectivity index (χ0) is 23.1. The van der Waals surface area contributed by atoms with Crippen LogP contribution in [0.5, 0.6) is 17.2 Å². The molecule has 3 rings (SSSR count). The Balaban J connectivity index is 1.86. The molecule has 4 N–H and O–H groups in total. The summed E-state index contributed by atoms with van der Waals surface area (Å²) >= 11 is 1.57. The molecule has 0 fully saturated rings. The second-order valence-electron chi connectivity index (χ2n) is 7.44. The summed E-state index contributed by atoms with van der Waals surface area (Å²) in [4.78, 5) is 4.41. The lowest BCUT2D eigenvalue weighted by atomic mass is 9.90. The molecule has 3 aromatic rings. The van der Waals surface area contributed by atoms with Gasteiger partial charge in [-0.1, -0.05) is 19.1 Å². The number of phenolic OH excluding ortho intramolecular Hbond substituents is 2. The number of hydrogen-bond acceptors (Lipinski definition) is 8. The van der Waals surface area contributed by atoms with Crippen molar-refractivity contribution in [2.75, 3.05) is 19.8 Å². The lowest BCUT2D eigenvalue weighted by molar-refractivity contribution is 0.00720. The van der Waals surface area contributed by atoms with Crippen molar-refractivity contribution in [3.05, 3.63) is 57.5 Å². The number of aromatic nitrogens is 1. The topological polar surface area (TPSA) is 112 Å². The predicted molar refractivity (Wildman–Crippen MR) is 123 cm³/mol. The van der Waals surface area contributed by atoms with Gasteiger partial charge in [-0.25, -0.2) is 4.98 Å². The van der Waals surface area contributed by atoms with Crippen molar-refractivity contribution < 1.29 is 29.9 Å². The van der Waals surface area contributed by atoms with Crippen molar-refractivity contribution in [1.29, 1.82) is 0 Å². The maximum Gasteiger partial charge on any atom is 0.131 e. The lowest BCUT2D eigenvalue weighted by Crippen LogP contribution is -2.20. The number of hydrogen-bond donors (Lipinski definition) is 4. The quantitative estimate of drug-likeness (QED) is 0.324. The second kappa shape index (κ2) is 11.3. The number of aryl methyl sites for hydroxylation is 1. The first-order chi connectivity index (χ1) is 15.4. The number of phenols is 2. The zero-order valence-corrected chi connectivity index (χ0v) is 19.1. The molecule has 1 aromatic heterocycles. The minimum absolute atomic E-state index is 0.0114. The number of nitrogens with zero attached hydrogens (tertiary/aromatic N) is 1. The fraction of sp³-hybridized carbons (Fsp3) is 0.375. The van der Waals surface area contributed by atoms with Gasteiger partial charge in [0, 0.05) is 17.0 Å². The average Bonchev–Trinajstić information content (AvgIpc) is 3.20. The number of aromatic hydroxyl groups is 2. The molecule has 0 radical (unpaired) electrons. The molecule has 1 atom stereocenters. The molecule has 172 valence electrons. The standard InChI is InChI=1S/C24H29NO6S/c1-3-20-21(7-8-30-13-18(27)11-26)24(23(29)10-22(20)28)16-5-4-6-19(9-16)31-12-17-14-32-15(2)25-17/h4-6,9-10,14,18,26-29H,3,7-8,11-13H2,1-2H3. The van der Waals surface area contributed by atoms with Crippen LogP contribution in [0.4, 0.5) is 0 Å². The third-order valence-corrected chi connectivity index (χ3v) is 5.87. The summed E-state index contributed by atoms with van der Waals surface area (Å²) in [5.74, 6) is 0.648. The van der Waals surface area contributed by atoms with Crippen LogP contribution in [-0.2, 0) is 24.2 Å². The van der Waals surface area contributed by atoms with Crippen molar-refractivity contribution in [3.63, 3.8) is 0 Å². The molecule has 7 nitrogen and oxygen atoms in total. The van der Waals surface area contributed by atoms with Crippen LogP contribution in [0.15, 0.2) is 35.7 Å². The molecule has 0 spiro atoms. The van der Waals surface area contributed by atoms with E-state index in [9.17, 15) is 15.3 Å². The molecule has 0 aliphatic heterocycles. The summed E-state index contributed by atoms with van der Waals surface area (Å²) < 4.78 is 11.4. The Kier molecular flexibility index (Phi) is 8.46. The molecule has 8 heteroatoms. The van der Waals surface area contributed by atoms with Crippen molar-refractivity contribution >= 4 is 11.3 Å². The second-order valence-corrected chi connectivity index (χ2v) is 8.50. The van der Waals surface area contributed by atoms with E-state index in [4.69, 9.17) is 14.6 Å². The molecule has 0 saturated carbocycles. The van der Waals surface area contributed by atoms with E-state index in [0.29, 0.717) is 30.8 Å². The van der Waals surface area contributed by atoms with Crippen molar-refractivity contribution in [2.45, 2.75) is 39.4 Å². The van der Waals surface area contributed by atoms with E-state index in [1.165, 1.54) is 6.07 Å². The SMILES string of the molecule is CCc1c(O)cc(O)c(-c2cccc(OCc3csc(C)n3)c2)c1CCOCC(O)CO. The molecule has 1 unspecified atom stereocenters. The lowest BCUT2D eigenvalue weighted by Gasteiger charge is -2.19. The molecular weight excluding hydrogens is 430 g/mol. The van der Waals surface area contributed by atoms with Gasteiger partial charge in [0.2, 0.25) is 0 Å². The smallest absolute Gasteiger partial charge is 0.131 e. The largest absolute Gasteiger partial charge is 0.508 e. The molecule has 0 amide bonds. The Morgan fingerprint density at radius 2 is 1.94 bits per heavy atom. The van der Waals surface area contributed by atoms with E-state index < -0.39 is 6.10 Å². The third-order valence-electron chi connectivity index (χ3n) is 5.05. The Labute approximate surface area is 191 Å². The summed E-state index contributed by atoms with van der Waals surface area (Å²) in [6.07, 6.45) is 0.0579. The highest BCUT2D eigenvalue weighted by Gasteiger charge is 2.19. The maximum atomic E-state index is 10.7. The number of thiazole rings is 1. The minimum atomic E-state index is -0.937. The normalized spacial score (nSPS) is 12.1. The summed E-state index contributed by atoms with van der Waals surface area (Å²) in [6, 6.07) is 8.79. The molecule has 1 heterocycles. The number of ether oxygens (including phenoxy) is 2. The molecule has 32 heavy (non-hydrogen) atoms. The van der Waals surface area contributed by atoms with Gasteiger partial charge in [0.25, 0.3) is 0 Å². The van der Waals surface area contributed by atoms with Crippen LogP contribution in [0.25, 0.3) is 11.1 Å². The number of benzene rings is 2. The van der Waals surface area contributed by atoms with Gasteiger partial charge in [-0.3, -0.25) is 0 Å². The van der Waals surface area contributed by atoms with Gasteiger partial charge in [0.1, 0.15) is 30.0 Å². The Morgan fingerprint density at radius 3 is 2.62 bits per heavy atom. The van der Waals surface area contributed by atoms with Crippen LogP contribution in [0, 0.1) is 6.92 Å². The van der Waals surface area contributed by atoms with E-state index in [2.05, 4.69) is 4.98 Å².